The van der Waals surface area contributed by atoms with Crippen molar-refractivity contribution in [1.29, 1.82) is 0 Å². The molecule has 3 N–H and O–H groups in total. The Labute approximate surface area is 110 Å². The van der Waals surface area contributed by atoms with Gasteiger partial charge in [0.05, 0.1) is 0 Å². The second-order valence-corrected chi connectivity index (χ2v) is 4.03. The number of carboxylic acid groups (broad SMARTS) is 1. The lowest BCUT2D eigenvalue weighted by Crippen LogP contribution is -2.42. The van der Waals surface area contributed by atoms with Crippen LogP contribution in [-0.4, -0.2) is 28.9 Å². The highest BCUT2D eigenvalue weighted by molar-refractivity contribution is 5.97. The number of carbonyl (C=O) groups excluding carboxylic acids is 2. The van der Waals surface area contributed by atoms with Crippen LogP contribution in [0.25, 0.3) is 0 Å². The first kappa shape index (κ1) is 14.7. The van der Waals surface area contributed by atoms with Gasteiger partial charge >= 0.3 is 12.0 Å². The topological polar surface area (TPSA) is 95.5 Å². The molecule has 0 fully saturated rings. The van der Waals surface area contributed by atoms with E-state index in [1.54, 1.807) is 25.1 Å². The Hall–Kier alpha value is -2.37. The van der Waals surface area contributed by atoms with E-state index in [1.807, 2.05) is 0 Å². The van der Waals surface area contributed by atoms with Gasteiger partial charge in [-0.15, -0.1) is 0 Å². The summed E-state index contributed by atoms with van der Waals surface area (Å²) in [6.45, 7) is 3.09. The zero-order chi connectivity index (χ0) is 14.4. The van der Waals surface area contributed by atoms with E-state index in [4.69, 9.17) is 5.11 Å². The van der Waals surface area contributed by atoms with Gasteiger partial charge in [-0.05, 0) is 25.5 Å². The fourth-order valence-corrected chi connectivity index (χ4v) is 1.48. The fourth-order valence-electron chi connectivity index (χ4n) is 1.48. The van der Waals surface area contributed by atoms with E-state index in [-0.39, 0.29) is 12.2 Å². The van der Waals surface area contributed by atoms with Crippen LogP contribution in [0.2, 0.25) is 0 Å². The van der Waals surface area contributed by atoms with Crippen LogP contribution in [0.4, 0.5) is 10.5 Å². The number of Topliss-reactive ketones (excluding diaryl/α,β-unsaturated/α-hetero) is 1. The van der Waals surface area contributed by atoms with Crippen molar-refractivity contribution < 1.29 is 19.5 Å². The van der Waals surface area contributed by atoms with Crippen molar-refractivity contribution in [2.75, 3.05) is 5.32 Å². The van der Waals surface area contributed by atoms with E-state index < -0.39 is 18.0 Å². The van der Waals surface area contributed by atoms with Crippen LogP contribution in [0.5, 0.6) is 0 Å². The van der Waals surface area contributed by atoms with Crippen molar-refractivity contribution in [3.63, 3.8) is 0 Å². The number of amides is 2. The van der Waals surface area contributed by atoms with Gasteiger partial charge in [-0.3, -0.25) is 4.79 Å². The first-order valence-electron chi connectivity index (χ1n) is 5.85. The third kappa shape index (κ3) is 4.42. The molecule has 0 spiro atoms. The largest absolute Gasteiger partial charge is 0.480 e. The van der Waals surface area contributed by atoms with Crippen LogP contribution in [-0.2, 0) is 4.79 Å². The van der Waals surface area contributed by atoms with Gasteiger partial charge < -0.3 is 15.7 Å². The van der Waals surface area contributed by atoms with Crippen LogP contribution in [0, 0.1) is 0 Å². The Bertz CT molecular complexity index is 499. The summed E-state index contributed by atoms with van der Waals surface area (Å²) in [6, 6.07) is 4.88. The van der Waals surface area contributed by atoms with Crippen molar-refractivity contribution >= 4 is 23.5 Å². The molecule has 0 bridgehead atoms. The maximum absolute atomic E-state index is 11.6. The smallest absolute Gasteiger partial charge is 0.326 e. The van der Waals surface area contributed by atoms with Gasteiger partial charge in [-0.2, -0.15) is 0 Å². The highest BCUT2D eigenvalue weighted by Crippen LogP contribution is 2.11. The Morgan fingerprint density at radius 2 is 2.00 bits per heavy atom. The Morgan fingerprint density at radius 1 is 1.32 bits per heavy atom. The molecule has 1 unspecified atom stereocenters. The number of aliphatic carboxylic acids is 1. The van der Waals surface area contributed by atoms with E-state index in [0.29, 0.717) is 11.3 Å². The molecule has 1 aromatic carbocycles. The fraction of sp³-hybridized carbons (Fsp3) is 0.308. The summed E-state index contributed by atoms with van der Waals surface area (Å²) in [5.41, 5.74) is 0.911. The first-order chi connectivity index (χ1) is 8.93. The predicted octanol–water partition coefficient (Wildman–Crippen LogP) is 1.87. The summed E-state index contributed by atoms with van der Waals surface area (Å²) in [7, 11) is 0. The third-order valence-corrected chi connectivity index (χ3v) is 2.54. The lowest BCUT2D eigenvalue weighted by atomic mass is 10.1. The molecular weight excluding hydrogens is 248 g/mol. The molecule has 0 heterocycles. The van der Waals surface area contributed by atoms with Crippen molar-refractivity contribution in [3.8, 4) is 0 Å². The molecule has 2 amide bonds. The number of rotatable bonds is 5. The number of anilines is 1. The SMILES string of the molecule is CCC(NC(=O)Nc1cccc(C(C)=O)c1)C(=O)O. The lowest BCUT2D eigenvalue weighted by Gasteiger charge is -2.13. The number of benzene rings is 1. The predicted molar refractivity (Wildman–Crippen MR) is 70.3 cm³/mol. The maximum atomic E-state index is 11.6. The molecule has 102 valence electrons. The van der Waals surface area contributed by atoms with Gasteiger partial charge in [0.15, 0.2) is 5.78 Å². The number of ketones is 1. The van der Waals surface area contributed by atoms with Gasteiger partial charge in [-0.25, -0.2) is 9.59 Å². The Morgan fingerprint density at radius 3 is 2.53 bits per heavy atom. The lowest BCUT2D eigenvalue weighted by molar-refractivity contribution is -0.139. The minimum absolute atomic E-state index is 0.110. The van der Waals surface area contributed by atoms with Gasteiger partial charge in [-0.1, -0.05) is 19.1 Å². The number of carboxylic acids is 1. The van der Waals surface area contributed by atoms with Crippen LogP contribution in [0.15, 0.2) is 24.3 Å². The first-order valence-corrected chi connectivity index (χ1v) is 5.85. The van der Waals surface area contributed by atoms with Gasteiger partial charge in [0, 0.05) is 11.3 Å². The molecule has 0 aliphatic rings. The van der Waals surface area contributed by atoms with Gasteiger partial charge in [0.2, 0.25) is 0 Å². The molecule has 19 heavy (non-hydrogen) atoms. The van der Waals surface area contributed by atoms with Gasteiger partial charge in [0.25, 0.3) is 0 Å². The standard InChI is InChI=1S/C13H16N2O4/c1-3-11(12(17)18)15-13(19)14-10-6-4-5-9(7-10)8(2)16/h4-7,11H,3H2,1-2H3,(H,17,18)(H2,14,15,19). The third-order valence-electron chi connectivity index (χ3n) is 2.54. The minimum atomic E-state index is -1.09. The minimum Gasteiger partial charge on any atom is -0.480 e. The second-order valence-electron chi connectivity index (χ2n) is 4.03. The highest BCUT2D eigenvalue weighted by atomic mass is 16.4. The Balaban J connectivity index is 2.69. The molecule has 1 rings (SSSR count). The quantitative estimate of drug-likeness (QED) is 0.707. The van der Waals surface area contributed by atoms with E-state index in [2.05, 4.69) is 10.6 Å². The summed E-state index contributed by atoms with van der Waals surface area (Å²) < 4.78 is 0. The number of hydrogen-bond acceptors (Lipinski definition) is 3. The van der Waals surface area contributed by atoms with Crippen molar-refractivity contribution in [1.82, 2.24) is 5.32 Å². The number of hydrogen-bond donors (Lipinski definition) is 3. The van der Waals surface area contributed by atoms with E-state index in [1.165, 1.54) is 13.0 Å². The number of carbonyl (C=O) groups is 3. The van der Waals surface area contributed by atoms with E-state index in [0.717, 1.165) is 0 Å². The molecule has 0 aliphatic heterocycles. The monoisotopic (exact) mass is 264 g/mol. The Kier molecular flexibility index (Phi) is 5.05. The molecule has 0 aliphatic carbocycles. The summed E-state index contributed by atoms with van der Waals surface area (Å²) in [6.07, 6.45) is 0.288. The van der Waals surface area contributed by atoms with E-state index >= 15 is 0 Å². The van der Waals surface area contributed by atoms with Crippen LogP contribution < -0.4 is 10.6 Å². The summed E-state index contributed by atoms with van der Waals surface area (Å²) in [5, 5.41) is 13.6. The molecule has 6 heteroatoms. The van der Waals surface area contributed by atoms with Crippen LogP contribution in [0.1, 0.15) is 30.6 Å². The molecular formula is C13H16N2O4. The zero-order valence-electron chi connectivity index (χ0n) is 10.8. The number of urea groups is 1. The normalized spacial score (nSPS) is 11.5. The zero-order valence-corrected chi connectivity index (χ0v) is 10.8. The molecule has 0 radical (unpaired) electrons. The molecule has 0 saturated carbocycles. The second kappa shape index (κ2) is 6.53. The summed E-state index contributed by atoms with van der Waals surface area (Å²) in [5.74, 6) is -1.20. The van der Waals surface area contributed by atoms with Crippen LogP contribution >= 0.6 is 0 Å². The molecule has 0 aromatic heterocycles. The molecule has 0 saturated heterocycles. The van der Waals surface area contributed by atoms with E-state index in [9.17, 15) is 14.4 Å². The van der Waals surface area contributed by atoms with Crippen molar-refractivity contribution in [2.45, 2.75) is 26.3 Å². The summed E-state index contributed by atoms with van der Waals surface area (Å²) >= 11 is 0. The van der Waals surface area contributed by atoms with Crippen molar-refractivity contribution in [3.05, 3.63) is 29.8 Å². The average molecular weight is 264 g/mol. The molecule has 1 atom stereocenters. The molecule has 1 aromatic rings. The highest BCUT2D eigenvalue weighted by Gasteiger charge is 2.17. The van der Waals surface area contributed by atoms with Gasteiger partial charge in [0.1, 0.15) is 6.04 Å². The summed E-state index contributed by atoms with van der Waals surface area (Å²) in [4.78, 5) is 33.6. The maximum Gasteiger partial charge on any atom is 0.326 e. The average Bonchev–Trinajstić information content (AvgIpc) is 2.35. The molecule has 6 nitrogen and oxygen atoms in total. The van der Waals surface area contributed by atoms with Crippen molar-refractivity contribution in [2.24, 2.45) is 0 Å². The number of nitrogens with one attached hydrogen (secondary N) is 2. The van der Waals surface area contributed by atoms with Crippen LogP contribution in [0.3, 0.4) is 0 Å².